The van der Waals surface area contributed by atoms with Gasteiger partial charge in [-0.25, -0.2) is 4.79 Å². The fourth-order valence-electron chi connectivity index (χ4n) is 3.90. The maximum absolute atomic E-state index is 11.9. The molecule has 0 unspecified atom stereocenters. The van der Waals surface area contributed by atoms with Gasteiger partial charge in [0.25, 0.3) is 0 Å². The molecule has 4 amide bonds. The third-order valence-electron chi connectivity index (χ3n) is 5.74. The van der Waals surface area contributed by atoms with E-state index in [2.05, 4.69) is 33.9 Å². The van der Waals surface area contributed by atoms with Gasteiger partial charge in [0, 0.05) is 50.1 Å². The summed E-state index contributed by atoms with van der Waals surface area (Å²) in [7, 11) is 0. The molecular weight excluding hydrogens is 492 g/mol. The first kappa shape index (κ1) is 30.0. The molecule has 35 heavy (non-hydrogen) atoms. The minimum Gasteiger partial charge on any atom is -0.379 e. The Morgan fingerprint density at radius 2 is 1.49 bits per heavy atom. The number of carbonyl (C=O) groups is 3. The van der Waals surface area contributed by atoms with Gasteiger partial charge in [-0.2, -0.15) is 24.4 Å². The number of ether oxygens (including phenoxy) is 3. The van der Waals surface area contributed by atoms with E-state index in [9.17, 15) is 14.4 Å². The molecule has 3 atom stereocenters. The van der Waals surface area contributed by atoms with Crippen LogP contribution in [0.15, 0.2) is 0 Å². The number of nitrogens with one attached hydrogen (secondary N) is 4. The standard InChI is InChI=1S/C23H42N4O6S2/c28-20(24-8-2-1-5-19-22-18(17-35-19)26-23(30)27-22)6-3-10-31-12-14-33-15-13-32-11-4-9-25-21(29)7-16-34/h18-19,22,34H,1-17H2,(H,24,28)(H,25,29)(H2,26,27,30)/t18-,19+,22-/m1/s1. The van der Waals surface area contributed by atoms with Gasteiger partial charge in [-0.05, 0) is 31.4 Å². The van der Waals surface area contributed by atoms with Crippen LogP contribution in [0.25, 0.3) is 0 Å². The van der Waals surface area contributed by atoms with E-state index >= 15 is 0 Å². The lowest BCUT2D eigenvalue weighted by Gasteiger charge is -2.16. The number of thiol groups is 1. The van der Waals surface area contributed by atoms with Gasteiger partial charge in [-0.1, -0.05) is 6.42 Å². The van der Waals surface area contributed by atoms with E-state index in [-0.39, 0.29) is 29.9 Å². The molecule has 0 spiro atoms. The number of rotatable bonds is 21. The Kier molecular flexibility index (Phi) is 16.3. The van der Waals surface area contributed by atoms with E-state index < -0.39 is 0 Å². The number of urea groups is 1. The summed E-state index contributed by atoms with van der Waals surface area (Å²) in [5, 5.41) is 12.2. The Bertz CT molecular complexity index is 631. The fourth-order valence-corrected chi connectivity index (χ4v) is 5.65. The average molecular weight is 535 g/mol. The van der Waals surface area contributed by atoms with Crippen LogP contribution in [0.4, 0.5) is 4.79 Å². The average Bonchev–Trinajstić information content (AvgIpc) is 3.38. The number of thioether (sulfide) groups is 1. The lowest BCUT2D eigenvalue weighted by Crippen LogP contribution is -2.36. The molecule has 2 aliphatic heterocycles. The summed E-state index contributed by atoms with van der Waals surface area (Å²) < 4.78 is 16.4. The van der Waals surface area contributed by atoms with Gasteiger partial charge in [-0.3, -0.25) is 9.59 Å². The highest BCUT2D eigenvalue weighted by molar-refractivity contribution is 8.00. The van der Waals surface area contributed by atoms with Crippen LogP contribution in [0.5, 0.6) is 0 Å². The normalized spacial score (nSPS) is 20.8. The lowest BCUT2D eigenvalue weighted by atomic mass is 10.0. The van der Waals surface area contributed by atoms with Crippen molar-refractivity contribution in [3.8, 4) is 0 Å². The largest absolute Gasteiger partial charge is 0.379 e. The van der Waals surface area contributed by atoms with E-state index in [0.717, 1.165) is 31.4 Å². The number of amides is 4. The van der Waals surface area contributed by atoms with E-state index in [1.54, 1.807) is 0 Å². The maximum atomic E-state index is 11.9. The van der Waals surface area contributed by atoms with Gasteiger partial charge >= 0.3 is 6.03 Å². The second kappa shape index (κ2) is 19.0. The smallest absolute Gasteiger partial charge is 0.315 e. The topological polar surface area (TPSA) is 127 Å². The second-order valence-electron chi connectivity index (χ2n) is 8.59. The minimum absolute atomic E-state index is 0.0205. The summed E-state index contributed by atoms with van der Waals surface area (Å²) in [6.45, 7) is 4.43. The highest BCUT2D eigenvalue weighted by Crippen LogP contribution is 2.32. The zero-order chi connectivity index (χ0) is 25.1. The molecule has 0 radical (unpaired) electrons. The molecule has 0 saturated carbocycles. The molecule has 0 aromatic rings. The zero-order valence-electron chi connectivity index (χ0n) is 20.6. The molecule has 2 saturated heterocycles. The molecule has 0 aromatic heterocycles. The fraction of sp³-hybridized carbons (Fsp3) is 0.870. The first-order valence-electron chi connectivity index (χ1n) is 12.7. The second-order valence-corrected chi connectivity index (χ2v) is 10.3. The molecule has 0 aromatic carbocycles. The maximum Gasteiger partial charge on any atom is 0.315 e. The van der Waals surface area contributed by atoms with Crippen molar-refractivity contribution in [2.24, 2.45) is 0 Å². The summed E-state index contributed by atoms with van der Waals surface area (Å²) in [5.74, 6) is 1.62. The van der Waals surface area contributed by atoms with Crippen molar-refractivity contribution in [1.29, 1.82) is 0 Å². The molecule has 2 aliphatic rings. The van der Waals surface area contributed by atoms with Crippen LogP contribution in [-0.2, 0) is 23.8 Å². The highest BCUT2D eigenvalue weighted by atomic mass is 32.2. The van der Waals surface area contributed by atoms with Gasteiger partial charge in [0.05, 0.1) is 38.5 Å². The Hall–Kier alpha value is -1.21. The van der Waals surface area contributed by atoms with Gasteiger partial charge in [0.2, 0.25) is 11.8 Å². The molecule has 2 fully saturated rings. The Balaban J connectivity index is 1.27. The van der Waals surface area contributed by atoms with Crippen molar-refractivity contribution >= 4 is 42.2 Å². The van der Waals surface area contributed by atoms with Crippen LogP contribution in [-0.4, -0.2) is 99.4 Å². The number of hydrogen-bond donors (Lipinski definition) is 5. The SMILES string of the molecule is O=C(CCS)NCCCOCCOCCOCCCC(=O)NCCCC[C@@H]1SC[C@H]2NC(=O)N[C@@H]12. The van der Waals surface area contributed by atoms with Crippen molar-refractivity contribution in [1.82, 2.24) is 21.3 Å². The summed E-state index contributed by atoms with van der Waals surface area (Å²) in [6, 6.07) is 0.474. The molecule has 10 nitrogen and oxygen atoms in total. The third-order valence-corrected chi connectivity index (χ3v) is 7.47. The van der Waals surface area contributed by atoms with Crippen LogP contribution in [0.3, 0.4) is 0 Å². The number of carbonyl (C=O) groups excluding carboxylic acids is 3. The van der Waals surface area contributed by atoms with Gasteiger partial charge in [0.15, 0.2) is 0 Å². The zero-order valence-corrected chi connectivity index (χ0v) is 22.3. The predicted octanol–water partition coefficient (Wildman–Crippen LogP) is 1.09. The Morgan fingerprint density at radius 1 is 0.857 bits per heavy atom. The quantitative estimate of drug-likeness (QED) is 0.0848. The Labute approximate surface area is 218 Å². The molecule has 12 heteroatoms. The lowest BCUT2D eigenvalue weighted by molar-refractivity contribution is -0.122. The molecule has 0 aliphatic carbocycles. The summed E-state index contributed by atoms with van der Waals surface area (Å²) in [6.07, 6.45) is 5.41. The van der Waals surface area contributed by atoms with Crippen LogP contribution in [0.2, 0.25) is 0 Å². The summed E-state index contributed by atoms with van der Waals surface area (Å²) in [5.41, 5.74) is 0. The third kappa shape index (κ3) is 13.6. The van der Waals surface area contributed by atoms with Crippen LogP contribution in [0.1, 0.15) is 44.9 Å². The highest BCUT2D eigenvalue weighted by Gasteiger charge is 2.42. The van der Waals surface area contributed by atoms with Crippen molar-refractivity contribution < 1.29 is 28.6 Å². The summed E-state index contributed by atoms with van der Waals surface area (Å²) >= 11 is 5.94. The monoisotopic (exact) mass is 534 g/mol. The summed E-state index contributed by atoms with van der Waals surface area (Å²) in [4.78, 5) is 34.6. The number of hydrogen-bond acceptors (Lipinski definition) is 8. The van der Waals surface area contributed by atoms with Crippen LogP contribution in [0, 0.1) is 0 Å². The van der Waals surface area contributed by atoms with Crippen molar-refractivity contribution in [3.05, 3.63) is 0 Å². The van der Waals surface area contributed by atoms with E-state index in [4.69, 9.17) is 14.2 Å². The van der Waals surface area contributed by atoms with Gasteiger partial charge < -0.3 is 35.5 Å². The van der Waals surface area contributed by atoms with Crippen LogP contribution < -0.4 is 21.3 Å². The molecule has 4 N–H and O–H groups in total. The van der Waals surface area contributed by atoms with Gasteiger partial charge in [0.1, 0.15) is 0 Å². The van der Waals surface area contributed by atoms with Crippen LogP contribution >= 0.6 is 24.4 Å². The van der Waals surface area contributed by atoms with E-state index in [1.165, 1.54) is 0 Å². The first-order chi connectivity index (χ1) is 17.1. The molecule has 0 bridgehead atoms. The van der Waals surface area contributed by atoms with Crippen molar-refractivity contribution in [3.63, 3.8) is 0 Å². The van der Waals surface area contributed by atoms with E-state index in [0.29, 0.717) is 83.0 Å². The van der Waals surface area contributed by atoms with E-state index in [1.807, 2.05) is 11.8 Å². The van der Waals surface area contributed by atoms with Crippen molar-refractivity contribution in [2.75, 3.05) is 64.2 Å². The molecular formula is C23H42N4O6S2. The number of unbranched alkanes of at least 4 members (excludes halogenated alkanes) is 1. The molecule has 2 rings (SSSR count). The van der Waals surface area contributed by atoms with Gasteiger partial charge in [-0.15, -0.1) is 0 Å². The first-order valence-corrected chi connectivity index (χ1v) is 14.3. The predicted molar refractivity (Wildman–Crippen MR) is 140 cm³/mol. The molecule has 2 heterocycles. The van der Waals surface area contributed by atoms with Crippen molar-refractivity contribution in [2.45, 2.75) is 62.3 Å². The Morgan fingerprint density at radius 3 is 2.20 bits per heavy atom. The molecule has 202 valence electrons. The minimum atomic E-state index is -0.0459. The number of fused-ring (bicyclic) bond motifs is 1.